The van der Waals surface area contributed by atoms with E-state index in [0.717, 1.165) is 0 Å². The monoisotopic (exact) mass is 227 g/mol. The lowest BCUT2D eigenvalue weighted by Crippen LogP contribution is -2.25. The van der Waals surface area contributed by atoms with Gasteiger partial charge in [-0.1, -0.05) is 0 Å². The van der Waals surface area contributed by atoms with Gasteiger partial charge in [-0.15, -0.1) is 0 Å². The molecule has 0 aliphatic carbocycles. The molecule has 0 aliphatic heterocycles. The summed E-state index contributed by atoms with van der Waals surface area (Å²) in [7, 11) is 1.54. The molecule has 0 fully saturated rings. The van der Waals surface area contributed by atoms with E-state index in [9.17, 15) is 9.18 Å². The summed E-state index contributed by atoms with van der Waals surface area (Å²) in [6.07, 6.45) is 0. The third kappa shape index (κ3) is 3.60. The van der Waals surface area contributed by atoms with Crippen molar-refractivity contribution >= 4 is 5.91 Å². The van der Waals surface area contributed by atoms with Gasteiger partial charge in [0.15, 0.2) is 0 Å². The Labute approximate surface area is 93.3 Å². The molecule has 1 rings (SSSR count). The van der Waals surface area contributed by atoms with Crippen LogP contribution in [0.15, 0.2) is 18.2 Å². The molecule has 1 aromatic carbocycles. The third-order valence-corrected chi connectivity index (χ3v) is 1.97. The summed E-state index contributed by atoms with van der Waals surface area (Å²) in [4.78, 5) is 16.3. The Kier molecular flexibility index (Phi) is 4.88. The number of amides is 1. The first-order chi connectivity index (χ1) is 7.65. The number of carbonyl (C=O) groups is 1. The predicted molar refractivity (Wildman–Crippen MR) is 56.4 cm³/mol. The lowest BCUT2D eigenvalue weighted by atomic mass is 10.1. The topological polar surface area (TPSA) is 47.6 Å². The molecule has 0 saturated carbocycles. The van der Waals surface area contributed by atoms with Gasteiger partial charge in [0.05, 0.1) is 13.2 Å². The molecule has 1 amide bonds. The number of nitrogens with one attached hydrogen (secondary N) is 1. The van der Waals surface area contributed by atoms with Crippen LogP contribution in [-0.4, -0.2) is 26.2 Å². The molecule has 4 nitrogen and oxygen atoms in total. The smallest absolute Gasteiger partial charge is 0.274 e. The number of carbonyl (C=O) groups excluding carboxylic acids is 1. The van der Waals surface area contributed by atoms with E-state index in [4.69, 9.17) is 9.57 Å². The zero-order valence-electron chi connectivity index (χ0n) is 9.25. The number of methoxy groups -OCH3 is 1. The summed E-state index contributed by atoms with van der Waals surface area (Å²) >= 11 is 0. The molecule has 0 atom stereocenters. The molecular formula is C11H14FNO3. The van der Waals surface area contributed by atoms with E-state index in [-0.39, 0.29) is 12.4 Å². The molecule has 0 saturated heterocycles. The second kappa shape index (κ2) is 6.19. The SMILES string of the molecule is COCCONC(=O)c1ccc(F)c(C)c1. The molecule has 5 heteroatoms. The molecule has 0 spiro atoms. The standard InChI is InChI=1S/C11H14FNO3/c1-8-7-9(3-4-10(8)12)11(14)13-16-6-5-15-2/h3-4,7H,5-6H2,1-2H3,(H,13,14). The van der Waals surface area contributed by atoms with E-state index in [2.05, 4.69) is 5.48 Å². The number of rotatable bonds is 5. The van der Waals surface area contributed by atoms with Crippen molar-refractivity contribution in [1.29, 1.82) is 0 Å². The highest BCUT2D eigenvalue weighted by Gasteiger charge is 2.07. The Bertz CT molecular complexity index is 368. The van der Waals surface area contributed by atoms with Crippen molar-refractivity contribution in [2.75, 3.05) is 20.3 Å². The predicted octanol–water partition coefficient (Wildman–Crippen LogP) is 1.44. The Balaban J connectivity index is 2.50. The summed E-state index contributed by atoms with van der Waals surface area (Å²) in [6, 6.07) is 4.11. The number of aryl methyl sites for hydroxylation is 1. The van der Waals surface area contributed by atoms with Gasteiger partial charge < -0.3 is 4.74 Å². The molecule has 0 unspecified atom stereocenters. The lowest BCUT2D eigenvalue weighted by molar-refractivity contribution is 0.00888. The minimum atomic E-state index is -0.404. The minimum absolute atomic E-state index is 0.266. The average Bonchev–Trinajstić information content (AvgIpc) is 2.28. The fourth-order valence-electron chi connectivity index (χ4n) is 1.09. The van der Waals surface area contributed by atoms with Crippen molar-refractivity contribution in [3.63, 3.8) is 0 Å². The average molecular weight is 227 g/mol. The van der Waals surface area contributed by atoms with Crippen LogP contribution < -0.4 is 5.48 Å². The van der Waals surface area contributed by atoms with Crippen molar-refractivity contribution in [3.05, 3.63) is 35.1 Å². The van der Waals surface area contributed by atoms with Crippen LogP contribution in [0.2, 0.25) is 0 Å². The van der Waals surface area contributed by atoms with E-state index in [1.54, 1.807) is 6.92 Å². The molecule has 16 heavy (non-hydrogen) atoms. The highest BCUT2D eigenvalue weighted by molar-refractivity contribution is 5.93. The van der Waals surface area contributed by atoms with Crippen LogP contribution >= 0.6 is 0 Å². The van der Waals surface area contributed by atoms with Crippen LogP contribution in [0.3, 0.4) is 0 Å². The quantitative estimate of drug-likeness (QED) is 0.611. The maximum atomic E-state index is 12.9. The highest BCUT2D eigenvalue weighted by atomic mass is 19.1. The molecule has 1 N–H and O–H groups in total. The van der Waals surface area contributed by atoms with Gasteiger partial charge in [-0.3, -0.25) is 9.63 Å². The van der Waals surface area contributed by atoms with Crippen molar-refractivity contribution < 1.29 is 18.8 Å². The number of hydroxylamine groups is 1. The molecule has 0 bridgehead atoms. The van der Waals surface area contributed by atoms with Crippen LogP contribution in [0.1, 0.15) is 15.9 Å². The van der Waals surface area contributed by atoms with Crippen molar-refractivity contribution in [3.8, 4) is 0 Å². The molecule has 0 aromatic heterocycles. The molecule has 1 aromatic rings. The van der Waals surface area contributed by atoms with Gasteiger partial charge >= 0.3 is 0 Å². The van der Waals surface area contributed by atoms with Crippen LogP contribution in [0.5, 0.6) is 0 Å². The van der Waals surface area contributed by atoms with E-state index < -0.39 is 5.91 Å². The van der Waals surface area contributed by atoms with Crippen molar-refractivity contribution in [2.24, 2.45) is 0 Å². The number of benzene rings is 1. The van der Waals surface area contributed by atoms with Crippen LogP contribution in [0, 0.1) is 12.7 Å². The third-order valence-electron chi connectivity index (χ3n) is 1.97. The summed E-state index contributed by atoms with van der Waals surface area (Å²) in [6.45, 7) is 2.25. The fraction of sp³-hybridized carbons (Fsp3) is 0.364. The number of ether oxygens (including phenoxy) is 1. The van der Waals surface area contributed by atoms with E-state index in [0.29, 0.717) is 17.7 Å². The van der Waals surface area contributed by atoms with Crippen molar-refractivity contribution in [1.82, 2.24) is 5.48 Å². The molecule has 0 radical (unpaired) electrons. The van der Waals surface area contributed by atoms with Gasteiger partial charge in [0, 0.05) is 12.7 Å². The first-order valence-electron chi connectivity index (χ1n) is 4.82. The van der Waals surface area contributed by atoms with Gasteiger partial charge in [0.25, 0.3) is 5.91 Å². The van der Waals surface area contributed by atoms with Gasteiger partial charge in [-0.25, -0.2) is 9.87 Å². The first kappa shape index (κ1) is 12.6. The largest absolute Gasteiger partial charge is 0.382 e. The number of hydrogen-bond acceptors (Lipinski definition) is 3. The van der Waals surface area contributed by atoms with E-state index >= 15 is 0 Å². The van der Waals surface area contributed by atoms with E-state index in [1.807, 2.05) is 0 Å². The summed E-state index contributed by atoms with van der Waals surface area (Å²) in [5.41, 5.74) is 3.02. The molecular weight excluding hydrogens is 213 g/mol. The zero-order chi connectivity index (χ0) is 12.0. The summed E-state index contributed by atoms with van der Waals surface area (Å²) in [5, 5.41) is 0. The maximum Gasteiger partial charge on any atom is 0.274 e. The Morgan fingerprint density at radius 3 is 2.81 bits per heavy atom. The van der Waals surface area contributed by atoms with Gasteiger partial charge in [0.2, 0.25) is 0 Å². The van der Waals surface area contributed by atoms with Gasteiger partial charge in [-0.05, 0) is 30.7 Å². The minimum Gasteiger partial charge on any atom is -0.382 e. The first-order valence-corrected chi connectivity index (χ1v) is 4.82. The van der Waals surface area contributed by atoms with Crippen LogP contribution in [-0.2, 0) is 9.57 Å². The van der Waals surface area contributed by atoms with Crippen LogP contribution in [0.25, 0.3) is 0 Å². The lowest BCUT2D eigenvalue weighted by Gasteiger charge is -2.06. The van der Waals surface area contributed by atoms with E-state index in [1.165, 1.54) is 25.3 Å². The molecule has 0 aliphatic rings. The zero-order valence-corrected chi connectivity index (χ0v) is 9.25. The number of halogens is 1. The molecule has 88 valence electrons. The second-order valence-electron chi connectivity index (χ2n) is 3.24. The Hall–Kier alpha value is -1.46. The highest BCUT2D eigenvalue weighted by Crippen LogP contribution is 2.08. The van der Waals surface area contributed by atoms with Crippen molar-refractivity contribution in [2.45, 2.75) is 6.92 Å². The number of hydrogen-bond donors (Lipinski definition) is 1. The second-order valence-corrected chi connectivity index (χ2v) is 3.24. The summed E-state index contributed by atoms with van der Waals surface area (Å²) < 4.78 is 17.7. The fourth-order valence-corrected chi connectivity index (χ4v) is 1.09. The van der Waals surface area contributed by atoms with Crippen LogP contribution in [0.4, 0.5) is 4.39 Å². The van der Waals surface area contributed by atoms with Gasteiger partial charge in [0.1, 0.15) is 5.82 Å². The van der Waals surface area contributed by atoms with Gasteiger partial charge in [-0.2, -0.15) is 0 Å². The molecule has 0 heterocycles. The Morgan fingerprint density at radius 2 is 2.19 bits per heavy atom. The normalized spacial score (nSPS) is 10.2. The summed E-state index contributed by atoms with van der Waals surface area (Å²) in [5.74, 6) is -0.740. The maximum absolute atomic E-state index is 12.9. The Morgan fingerprint density at radius 1 is 1.44 bits per heavy atom.